The number of benzene rings is 2. The van der Waals surface area contributed by atoms with Gasteiger partial charge in [-0.15, -0.1) is 11.3 Å². The number of nitrogens with one attached hydrogen (secondary N) is 4. The third-order valence-corrected chi connectivity index (χ3v) is 7.02. The van der Waals surface area contributed by atoms with E-state index in [0.717, 1.165) is 26.4 Å². The van der Waals surface area contributed by atoms with Gasteiger partial charge in [0.15, 0.2) is 12.3 Å². The number of thiazole rings is 1. The van der Waals surface area contributed by atoms with Crippen molar-refractivity contribution in [2.75, 3.05) is 11.9 Å². The molecule has 0 radical (unpaired) electrons. The van der Waals surface area contributed by atoms with Crippen LogP contribution >= 0.6 is 11.3 Å². The molecule has 4 heterocycles. The molecule has 1 aliphatic heterocycles. The first-order valence-electron chi connectivity index (χ1n) is 11.7. The topological polar surface area (TPSA) is 151 Å². The summed E-state index contributed by atoms with van der Waals surface area (Å²) in [7, 11) is 0. The molecular formula is C26H21N7O4S. The minimum atomic E-state index is -0.434. The number of fused-ring (bicyclic) bond motifs is 3. The molecule has 11 nitrogen and oxygen atoms in total. The summed E-state index contributed by atoms with van der Waals surface area (Å²) in [4.78, 5) is 53.3. The minimum Gasteiger partial charge on any atom is -0.482 e. The number of anilines is 1. The molecule has 3 amide bonds. The number of rotatable bonds is 6. The van der Waals surface area contributed by atoms with Crippen LogP contribution in [0.15, 0.2) is 48.9 Å². The molecular weight excluding hydrogens is 506 g/mol. The van der Waals surface area contributed by atoms with Crippen LogP contribution in [0.4, 0.5) is 5.69 Å². The summed E-state index contributed by atoms with van der Waals surface area (Å²) in [5.41, 5.74) is 4.30. The molecule has 12 heteroatoms. The quantitative estimate of drug-likeness (QED) is 0.265. The first-order valence-corrected chi connectivity index (χ1v) is 12.6. The van der Waals surface area contributed by atoms with E-state index in [1.165, 1.54) is 12.5 Å². The summed E-state index contributed by atoms with van der Waals surface area (Å²) in [5.74, 6) is -0.414. The van der Waals surface area contributed by atoms with Crippen LogP contribution in [0.25, 0.3) is 21.3 Å². The van der Waals surface area contributed by atoms with Crippen molar-refractivity contribution in [3.63, 3.8) is 0 Å². The Bertz CT molecular complexity index is 1740. The van der Waals surface area contributed by atoms with Gasteiger partial charge in [-0.05, 0) is 42.3 Å². The fourth-order valence-electron chi connectivity index (χ4n) is 4.27. The first-order chi connectivity index (χ1) is 18.4. The summed E-state index contributed by atoms with van der Waals surface area (Å²) >= 11 is 1.63. The molecule has 0 fully saturated rings. The molecule has 0 spiro atoms. The molecule has 0 saturated carbocycles. The predicted molar refractivity (Wildman–Crippen MR) is 141 cm³/mol. The highest BCUT2D eigenvalue weighted by molar-refractivity contribution is 7.18. The average Bonchev–Trinajstić information content (AvgIpc) is 3.52. The van der Waals surface area contributed by atoms with Crippen molar-refractivity contribution in [1.29, 1.82) is 0 Å². The van der Waals surface area contributed by atoms with Crippen molar-refractivity contribution >= 4 is 56.0 Å². The van der Waals surface area contributed by atoms with Crippen LogP contribution in [0.2, 0.25) is 0 Å². The van der Waals surface area contributed by atoms with E-state index >= 15 is 0 Å². The van der Waals surface area contributed by atoms with Crippen LogP contribution in [0, 0.1) is 6.92 Å². The second-order valence-electron chi connectivity index (χ2n) is 8.72. The molecule has 38 heavy (non-hydrogen) atoms. The number of carbonyl (C=O) groups is 3. The summed E-state index contributed by atoms with van der Waals surface area (Å²) in [6.45, 7) is 2.46. The smallest absolute Gasteiger partial charge is 0.272 e. The van der Waals surface area contributed by atoms with Crippen LogP contribution in [0.1, 0.15) is 37.0 Å². The second-order valence-corrected chi connectivity index (χ2v) is 9.95. The number of carbonyl (C=O) groups excluding carboxylic acids is 3. The highest BCUT2D eigenvalue weighted by Crippen LogP contribution is 2.28. The Morgan fingerprint density at radius 3 is 2.71 bits per heavy atom. The maximum Gasteiger partial charge on any atom is 0.272 e. The fraction of sp³-hybridized carbons (Fsp3) is 0.154. The van der Waals surface area contributed by atoms with Crippen molar-refractivity contribution in [2.45, 2.75) is 20.0 Å². The van der Waals surface area contributed by atoms with E-state index in [2.05, 4.69) is 35.9 Å². The van der Waals surface area contributed by atoms with Gasteiger partial charge in [0.1, 0.15) is 17.6 Å². The molecule has 0 atom stereocenters. The number of hydrogen-bond acceptors (Lipinski definition) is 8. The third kappa shape index (κ3) is 4.52. The summed E-state index contributed by atoms with van der Waals surface area (Å²) in [5, 5.41) is 9.46. The Morgan fingerprint density at radius 1 is 1.05 bits per heavy atom. The third-order valence-electron chi connectivity index (χ3n) is 6.06. The monoisotopic (exact) mass is 527 g/mol. The zero-order valence-corrected chi connectivity index (χ0v) is 20.9. The lowest BCUT2D eigenvalue weighted by Gasteiger charge is -2.18. The molecule has 5 aromatic rings. The SMILES string of the molecule is Cc1nc2cc(CNC(=O)c3c[nH]c4c(C(=O)NCc5ccc6c(c5)NC(=O)CO6)ncnc34)ccc2s1. The van der Waals surface area contributed by atoms with Crippen molar-refractivity contribution in [1.82, 2.24) is 30.6 Å². The van der Waals surface area contributed by atoms with Crippen molar-refractivity contribution in [3.05, 3.63) is 76.3 Å². The Morgan fingerprint density at radius 2 is 1.84 bits per heavy atom. The van der Waals surface area contributed by atoms with Gasteiger partial charge in [-0.1, -0.05) is 12.1 Å². The zero-order chi connectivity index (χ0) is 26.2. The van der Waals surface area contributed by atoms with E-state index in [1.54, 1.807) is 29.5 Å². The molecule has 1 aliphatic rings. The normalized spacial score (nSPS) is 12.6. The van der Waals surface area contributed by atoms with E-state index in [1.807, 2.05) is 25.1 Å². The van der Waals surface area contributed by atoms with E-state index in [0.29, 0.717) is 34.6 Å². The van der Waals surface area contributed by atoms with Crippen LogP contribution < -0.4 is 20.7 Å². The molecule has 0 saturated heterocycles. The lowest BCUT2D eigenvalue weighted by molar-refractivity contribution is -0.118. The number of ether oxygens (including phenoxy) is 1. The number of nitrogens with zero attached hydrogens (tertiary/aromatic N) is 3. The largest absolute Gasteiger partial charge is 0.482 e. The molecule has 190 valence electrons. The molecule has 0 unspecified atom stereocenters. The van der Waals surface area contributed by atoms with E-state index in [-0.39, 0.29) is 30.7 Å². The lowest BCUT2D eigenvalue weighted by Crippen LogP contribution is -2.26. The van der Waals surface area contributed by atoms with Crippen LogP contribution in [0.3, 0.4) is 0 Å². The van der Waals surface area contributed by atoms with Gasteiger partial charge >= 0.3 is 0 Å². The molecule has 3 aromatic heterocycles. The standard InChI is InChI=1S/C26H21N7O4S/c1-13-32-18-7-15(3-5-20(18)38-13)8-28-25(35)16-10-27-23-22(16)30-12-31-24(23)26(36)29-9-14-2-4-19-17(6-14)33-21(34)11-37-19/h2-7,10,12,27H,8-9,11H2,1H3,(H,28,35)(H,29,36)(H,33,34). The van der Waals surface area contributed by atoms with E-state index in [4.69, 9.17) is 4.74 Å². The van der Waals surface area contributed by atoms with Crippen molar-refractivity contribution in [3.8, 4) is 5.75 Å². The number of hydrogen-bond donors (Lipinski definition) is 4. The van der Waals surface area contributed by atoms with Gasteiger partial charge in [0, 0.05) is 19.3 Å². The molecule has 6 rings (SSSR count). The molecule has 2 aromatic carbocycles. The van der Waals surface area contributed by atoms with Crippen LogP contribution in [0.5, 0.6) is 5.75 Å². The van der Waals surface area contributed by atoms with Crippen LogP contribution in [-0.2, 0) is 17.9 Å². The Balaban J connectivity index is 1.15. The second kappa shape index (κ2) is 9.56. The van der Waals surface area contributed by atoms with Gasteiger partial charge in [-0.25, -0.2) is 15.0 Å². The highest BCUT2D eigenvalue weighted by atomic mass is 32.1. The maximum atomic E-state index is 13.0. The lowest BCUT2D eigenvalue weighted by atomic mass is 10.1. The van der Waals surface area contributed by atoms with Gasteiger partial charge in [0.2, 0.25) is 0 Å². The van der Waals surface area contributed by atoms with Crippen molar-refractivity contribution < 1.29 is 19.1 Å². The van der Waals surface area contributed by atoms with Crippen molar-refractivity contribution in [2.24, 2.45) is 0 Å². The maximum absolute atomic E-state index is 13.0. The number of aryl methyl sites for hydroxylation is 1. The first kappa shape index (κ1) is 23.6. The molecule has 0 aliphatic carbocycles. The number of aromatic nitrogens is 4. The summed E-state index contributed by atoms with van der Waals surface area (Å²) in [6, 6.07) is 11.2. The Kier molecular flexibility index (Phi) is 5.92. The van der Waals surface area contributed by atoms with Gasteiger partial charge < -0.3 is 25.7 Å². The minimum absolute atomic E-state index is 0.0228. The molecule has 0 bridgehead atoms. The highest BCUT2D eigenvalue weighted by Gasteiger charge is 2.20. The number of amides is 3. The summed E-state index contributed by atoms with van der Waals surface area (Å²) in [6.07, 6.45) is 2.77. The van der Waals surface area contributed by atoms with Gasteiger partial charge in [0.05, 0.1) is 32.0 Å². The number of H-pyrrole nitrogens is 1. The zero-order valence-electron chi connectivity index (χ0n) is 20.1. The van der Waals surface area contributed by atoms with Gasteiger partial charge in [0.25, 0.3) is 17.7 Å². The van der Waals surface area contributed by atoms with Gasteiger partial charge in [-0.3, -0.25) is 14.4 Å². The molecule has 4 N–H and O–H groups in total. The summed E-state index contributed by atoms with van der Waals surface area (Å²) < 4.78 is 6.46. The van der Waals surface area contributed by atoms with Gasteiger partial charge in [-0.2, -0.15) is 0 Å². The van der Waals surface area contributed by atoms with Crippen LogP contribution in [-0.4, -0.2) is 44.3 Å². The Hall–Kier alpha value is -4.84. The predicted octanol–water partition coefficient (Wildman–Crippen LogP) is 3.07. The van der Waals surface area contributed by atoms with E-state index < -0.39 is 5.91 Å². The van der Waals surface area contributed by atoms with E-state index in [9.17, 15) is 14.4 Å². The Labute approximate surface area is 219 Å². The fourth-order valence-corrected chi connectivity index (χ4v) is 5.07. The average molecular weight is 528 g/mol. The number of aromatic amines is 1.